The third kappa shape index (κ3) is 3.12. The molecule has 2 amide bonds. The number of likely N-dealkylation sites (tertiary alicyclic amines) is 1. The summed E-state index contributed by atoms with van der Waals surface area (Å²) in [7, 11) is 0. The molecule has 0 saturated carbocycles. The van der Waals surface area contributed by atoms with Crippen LogP contribution >= 0.6 is 0 Å². The summed E-state index contributed by atoms with van der Waals surface area (Å²) in [5.41, 5.74) is 2.19. The molecule has 164 valence electrons. The molecular formula is C23H24N6O3. The fraction of sp³-hybridized carbons (Fsp3) is 0.391. The van der Waals surface area contributed by atoms with Crippen molar-refractivity contribution in [3.8, 4) is 0 Å². The van der Waals surface area contributed by atoms with Crippen molar-refractivity contribution in [2.24, 2.45) is 0 Å². The lowest BCUT2D eigenvalue weighted by atomic mass is 9.84. The smallest absolute Gasteiger partial charge is 0.255 e. The van der Waals surface area contributed by atoms with Crippen LogP contribution in [0.25, 0.3) is 11.0 Å². The lowest BCUT2D eigenvalue weighted by molar-refractivity contribution is -0.136. The first-order chi connectivity index (χ1) is 15.5. The molecule has 4 heterocycles. The largest absolute Gasteiger partial charge is 0.370 e. The molecular weight excluding hydrogens is 408 g/mol. The number of carbonyl (C=O) groups excluding carboxylic acids is 2. The van der Waals surface area contributed by atoms with Crippen LogP contribution in [0.1, 0.15) is 29.6 Å². The van der Waals surface area contributed by atoms with E-state index in [4.69, 9.17) is 4.74 Å². The molecule has 3 aliphatic heterocycles. The molecule has 0 bridgehead atoms. The lowest BCUT2D eigenvalue weighted by Gasteiger charge is -2.41. The van der Waals surface area contributed by atoms with Crippen LogP contribution in [0.3, 0.4) is 0 Å². The number of aromatic nitrogens is 3. The molecule has 6 rings (SSSR count). The average molecular weight is 432 g/mol. The maximum atomic E-state index is 12.9. The van der Waals surface area contributed by atoms with Gasteiger partial charge in [0.2, 0.25) is 5.91 Å². The first-order valence-electron chi connectivity index (χ1n) is 10.9. The molecule has 3 aromatic rings. The van der Waals surface area contributed by atoms with Crippen molar-refractivity contribution in [2.75, 3.05) is 25.0 Å². The second kappa shape index (κ2) is 7.03. The van der Waals surface area contributed by atoms with Crippen LogP contribution in [0.5, 0.6) is 0 Å². The predicted octanol–water partition coefficient (Wildman–Crippen LogP) is 1.76. The summed E-state index contributed by atoms with van der Waals surface area (Å²) < 4.78 is 7.94. The summed E-state index contributed by atoms with van der Waals surface area (Å²) in [5.74, 6) is -0.0473. The third-order valence-electron chi connectivity index (χ3n) is 6.88. The number of para-hydroxylation sites is 2. The van der Waals surface area contributed by atoms with Crippen molar-refractivity contribution in [3.05, 3.63) is 54.1 Å². The van der Waals surface area contributed by atoms with Gasteiger partial charge in [-0.2, -0.15) is 0 Å². The van der Waals surface area contributed by atoms with Gasteiger partial charge in [0, 0.05) is 25.2 Å². The van der Waals surface area contributed by atoms with Crippen molar-refractivity contribution < 1.29 is 14.3 Å². The van der Waals surface area contributed by atoms with E-state index in [1.807, 2.05) is 53.4 Å². The number of ether oxygens (including phenoxy) is 1. The summed E-state index contributed by atoms with van der Waals surface area (Å²) in [4.78, 5) is 27.4. The molecule has 0 radical (unpaired) electrons. The van der Waals surface area contributed by atoms with Crippen LogP contribution < -0.4 is 10.6 Å². The van der Waals surface area contributed by atoms with Gasteiger partial charge < -0.3 is 20.3 Å². The lowest BCUT2D eigenvalue weighted by Crippen LogP contribution is -2.59. The number of benzene rings is 2. The molecule has 32 heavy (non-hydrogen) atoms. The number of carbonyl (C=O) groups is 2. The molecule has 2 spiro atoms. The molecule has 2 fully saturated rings. The standard InChI is InChI=1S/C23H24N6O3/c30-20(13-29-19-8-4-3-7-18(19)26-27-29)28-11-9-22(10-12-28)14-23(15-32-22)24-17-6-2-1-5-16(17)21(31)25-23/h1-8,24H,9-15H2,(H,25,31)/t23-/m1/s1. The normalized spacial score (nSPS) is 23.9. The molecule has 9 heteroatoms. The minimum absolute atomic E-state index is 0.0289. The number of fused-ring (bicyclic) bond motifs is 2. The number of nitrogens with one attached hydrogen (secondary N) is 2. The highest BCUT2D eigenvalue weighted by Crippen LogP contribution is 2.42. The Kier molecular flexibility index (Phi) is 4.23. The van der Waals surface area contributed by atoms with Gasteiger partial charge in [0.25, 0.3) is 5.91 Å². The van der Waals surface area contributed by atoms with Crippen molar-refractivity contribution >= 4 is 28.5 Å². The van der Waals surface area contributed by atoms with E-state index >= 15 is 0 Å². The Balaban J connectivity index is 1.12. The van der Waals surface area contributed by atoms with Crippen LogP contribution in [-0.4, -0.2) is 62.7 Å². The van der Waals surface area contributed by atoms with Crippen molar-refractivity contribution in [1.82, 2.24) is 25.2 Å². The van der Waals surface area contributed by atoms with Gasteiger partial charge in [0.1, 0.15) is 17.7 Å². The van der Waals surface area contributed by atoms with Gasteiger partial charge in [-0.05, 0) is 37.1 Å². The van der Waals surface area contributed by atoms with Gasteiger partial charge in [0.05, 0.1) is 23.3 Å². The Labute approximate surface area is 184 Å². The first kappa shape index (κ1) is 19.2. The van der Waals surface area contributed by atoms with Gasteiger partial charge >= 0.3 is 0 Å². The van der Waals surface area contributed by atoms with E-state index in [0.29, 0.717) is 31.7 Å². The quantitative estimate of drug-likeness (QED) is 0.640. The van der Waals surface area contributed by atoms with Crippen molar-refractivity contribution in [3.63, 3.8) is 0 Å². The number of hydrogen-bond donors (Lipinski definition) is 2. The van der Waals surface area contributed by atoms with Crippen LogP contribution in [0.15, 0.2) is 48.5 Å². The minimum atomic E-state index is -0.600. The van der Waals surface area contributed by atoms with Crippen molar-refractivity contribution in [1.29, 1.82) is 0 Å². The monoisotopic (exact) mass is 432 g/mol. The number of anilines is 1. The maximum absolute atomic E-state index is 12.9. The molecule has 0 unspecified atom stereocenters. The summed E-state index contributed by atoms with van der Waals surface area (Å²) in [6, 6.07) is 15.2. The van der Waals surface area contributed by atoms with E-state index in [0.717, 1.165) is 29.6 Å². The van der Waals surface area contributed by atoms with E-state index in [2.05, 4.69) is 20.9 Å². The number of rotatable bonds is 2. The molecule has 3 aliphatic rings. The van der Waals surface area contributed by atoms with Gasteiger partial charge in [0.15, 0.2) is 0 Å². The second-order valence-corrected chi connectivity index (χ2v) is 8.97. The Bertz CT molecular complexity index is 1220. The molecule has 0 aliphatic carbocycles. The van der Waals surface area contributed by atoms with E-state index in [1.165, 1.54) is 0 Å². The molecule has 1 atom stereocenters. The van der Waals surface area contributed by atoms with Gasteiger partial charge in [-0.25, -0.2) is 4.68 Å². The number of piperidine rings is 1. The zero-order chi connectivity index (χ0) is 21.8. The zero-order valence-electron chi connectivity index (χ0n) is 17.6. The first-order valence-corrected chi connectivity index (χ1v) is 10.9. The minimum Gasteiger partial charge on any atom is -0.370 e. The molecule has 1 aromatic heterocycles. The Morgan fingerprint density at radius 2 is 1.84 bits per heavy atom. The van der Waals surface area contributed by atoms with Crippen LogP contribution in [0.2, 0.25) is 0 Å². The van der Waals surface area contributed by atoms with Gasteiger partial charge in [-0.15, -0.1) is 5.10 Å². The van der Waals surface area contributed by atoms with E-state index in [1.54, 1.807) is 4.68 Å². The van der Waals surface area contributed by atoms with E-state index in [-0.39, 0.29) is 24.0 Å². The summed E-state index contributed by atoms with van der Waals surface area (Å²) in [5, 5.41) is 14.9. The predicted molar refractivity (Wildman–Crippen MR) is 117 cm³/mol. The Hall–Kier alpha value is -3.46. The van der Waals surface area contributed by atoms with E-state index in [9.17, 15) is 9.59 Å². The van der Waals surface area contributed by atoms with Gasteiger partial charge in [-0.3, -0.25) is 9.59 Å². The number of amides is 2. The molecule has 2 aromatic carbocycles. The van der Waals surface area contributed by atoms with Gasteiger partial charge in [-0.1, -0.05) is 29.5 Å². The van der Waals surface area contributed by atoms with Crippen LogP contribution in [-0.2, 0) is 16.1 Å². The van der Waals surface area contributed by atoms with E-state index < -0.39 is 5.66 Å². The highest BCUT2D eigenvalue weighted by molar-refractivity contribution is 6.02. The molecule has 9 nitrogen and oxygen atoms in total. The summed E-state index contributed by atoms with van der Waals surface area (Å²) >= 11 is 0. The Morgan fingerprint density at radius 3 is 2.72 bits per heavy atom. The molecule has 2 N–H and O–H groups in total. The zero-order valence-corrected chi connectivity index (χ0v) is 17.6. The highest BCUT2D eigenvalue weighted by Gasteiger charge is 2.53. The highest BCUT2D eigenvalue weighted by atomic mass is 16.5. The number of nitrogens with zero attached hydrogens (tertiary/aromatic N) is 4. The molecule has 2 saturated heterocycles. The fourth-order valence-electron chi connectivity index (χ4n) is 5.20. The topological polar surface area (TPSA) is 101 Å². The maximum Gasteiger partial charge on any atom is 0.255 e. The van der Waals surface area contributed by atoms with Crippen LogP contribution in [0.4, 0.5) is 5.69 Å². The Morgan fingerprint density at radius 1 is 1.06 bits per heavy atom. The van der Waals surface area contributed by atoms with Crippen LogP contribution in [0, 0.1) is 0 Å². The summed E-state index contributed by atoms with van der Waals surface area (Å²) in [6.07, 6.45) is 2.14. The number of hydrogen-bond acceptors (Lipinski definition) is 6. The third-order valence-corrected chi connectivity index (χ3v) is 6.88. The summed E-state index contributed by atoms with van der Waals surface area (Å²) in [6.45, 7) is 1.82. The van der Waals surface area contributed by atoms with Crippen molar-refractivity contribution in [2.45, 2.75) is 37.1 Å². The fourth-order valence-corrected chi connectivity index (χ4v) is 5.20. The SMILES string of the molecule is O=C1N[C@]2(COC3(CCN(C(=O)Cn4nnc5ccccc54)CC3)C2)Nc2ccccc21. The average Bonchev–Trinajstić information content (AvgIpc) is 3.36. The second-order valence-electron chi connectivity index (χ2n) is 8.97.